The summed E-state index contributed by atoms with van der Waals surface area (Å²) < 4.78 is 0. The van der Waals surface area contributed by atoms with Crippen LogP contribution in [0.4, 0.5) is 0 Å². The van der Waals surface area contributed by atoms with Gasteiger partial charge in [-0.2, -0.15) is 0 Å². The first-order valence-corrected chi connectivity index (χ1v) is 5.64. The number of likely N-dealkylation sites (N-methyl/N-ethyl adjacent to an activating group) is 1. The van der Waals surface area contributed by atoms with Crippen molar-refractivity contribution >= 4 is 5.97 Å². The number of nitrogens with one attached hydrogen (secondary N) is 1. The smallest absolute Gasteiger partial charge is 0.322 e. The van der Waals surface area contributed by atoms with Gasteiger partial charge in [0.2, 0.25) is 0 Å². The van der Waals surface area contributed by atoms with E-state index in [1.807, 2.05) is 20.9 Å². The molecule has 1 unspecified atom stereocenters. The molecule has 0 aliphatic carbocycles. The highest BCUT2D eigenvalue weighted by molar-refractivity contribution is 5.73. The van der Waals surface area contributed by atoms with E-state index in [2.05, 4.69) is 17.1 Å². The van der Waals surface area contributed by atoms with E-state index in [1.165, 1.54) is 0 Å². The standard InChI is InChI=1S/C11H24N2O2/c1-5-6-7-13(4)8-10(11(14)15)12-9(2)3/h9-10,12H,5-8H2,1-4H3,(H,14,15). The Bertz CT molecular complexity index is 183. The van der Waals surface area contributed by atoms with Crippen LogP contribution in [0.2, 0.25) is 0 Å². The van der Waals surface area contributed by atoms with Gasteiger partial charge in [-0.1, -0.05) is 27.2 Å². The van der Waals surface area contributed by atoms with Crippen molar-refractivity contribution in [2.24, 2.45) is 0 Å². The van der Waals surface area contributed by atoms with Crippen molar-refractivity contribution in [2.45, 2.75) is 45.7 Å². The molecule has 0 heterocycles. The second kappa shape index (κ2) is 7.65. The Morgan fingerprint density at radius 1 is 1.47 bits per heavy atom. The van der Waals surface area contributed by atoms with E-state index >= 15 is 0 Å². The van der Waals surface area contributed by atoms with Crippen LogP contribution in [-0.2, 0) is 4.79 Å². The van der Waals surface area contributed by atoms with Crippen LogP contribution in [0.15, 0.2) is 0 Å². The molecule has 0 saturated carbocycles. The summed E-state index contributed by atoms with van der Waals surface area (Å²) in [6, 6.07) is -0.266. The van der Waals surface area contributed by atoms with E-state index in [4.69, 9.17) is 5.11 Å². The molecule has 0 amide bonds. The largest absolute Gasteiger partial charge is 0.480 e. The topological polar surface area (TPSA) is 52.6 Å². The molecular formula is C11H24N2O2. The molecule has 90 valence electrons. The normalized spacial score (nSPS) is 13.5. The summed E-state index contributed by atoms with van der Waals surface area (Å²) >= 11 is 0. The van der Waals surface area contributed by atoms with Gasteiger partial charge < -0.3 is 15.3 Å². The summed E-state index contributed by atoms with van der Waals surface area (Å²) in [6.45, 7) is 7.58. The van der Waals surface area contributed by atoms with Gasteiger partial charge in [-0.25, -0.2) is 0 Å². The second-order valence-electron chi connectivity index (χ2n) is 4.33. The first kappa shape index (κ1) is 14.4. The average Bonchev–Trinajstić information content (AvgIpc) is 2.12. The number of carboxylic acid groups (broad SMARTS) is 1. The molecule has 15 heavy (non-hydrogen) atoms. The highest BCUT2D eigenvalue weighted by Gasteiger charge is 2.19. The van der Waals surface area contributed by atoms with Crippen LogP contribution in [-0.4, -0.2) is 48.2 Å². The van der Waals surface area contributed by atoms with Gasteiger partial charge in [0.05, 0.1) is 0 Å². The Morgan fingerprint density at radius 3 is 2.47 bits per heavy atom. The molecular weight excluding hydrogens is 192 g/mol. The van der Waals surface area contributed by atoms with Gasteiger partial charge in [0, 0.05) is 12.6 Å². The fourth-order valence-corrected chi connectivity index (χ4v) is 1.44. The summed E-state index contributed by atoms with van der Waals surface area (Å²) in [4.78, 5) is 13.0. The van der Waals surface area contributed by atoms with E-state index < -0.39 is 12.0 Å². The molecule has 0 saturated heterocycles. The van der Waals surface area contributed by atoms with Crippen molar-refractivity contribution in [3.63, 3.8) is 0 Å². The lowest BCUT2D eigenvalue weighted by Gasteiger charge is -2.23. The summed E-state index contributed by atoms with van der Waals surface area (Å²) in [6.07, 6.45) is 2.25. The zero-order chi connectivity index (χ0) is 11.8. The minimum absolute atomic E-state index is 0.200. The van der Waals surface area contributed by atoms with Crippen molar-refractivity contribution in [1.29, 1.82) is 0 Å². The fraction of sp³-hybridized carbons (Fsp3) is 0.909. The molecule has 0 radical (unpaired) electrons. The molecule has 0 aromatic heterocycles. The van der Waals surface area contributed by atoms with Gasteiger partial charge in [0.25, 0.3) is 0 Å². The maximum atomic E-state index is 11.0. The number of unbranched alkanes of at least 4 members (excludes halogenated alkanes) is 1. The second-order valence-corrected chi connectivity index (χ2v) is 4.33. The number of nitrogens with zero attached hydrogens (tertiary/aromatic N) is 1. The lowest BCUT2D eigenvalue weighted by Crippen LogP contribution is -2.47. The Labute approximate surface area is 92.7 Å². The average molecular weight is 216 g/mol. The summed E-state index contributed by atoms with van der Waals surface area (Å²) in [5, 5.41) is 12.1. The van der Waals surface area contributed by atoms with Gasteiger partial charge in [-0.05, 0) is 20.0 Å². The predicted octanol–water partition coefficient (Wildman–Crippen LogP) is 1.17. The number of hydrogen-bond donors (Lipinski definition) is 2. The summed E-state index contributed by atoms with van der Waals surface area (Å²) in [5.74, 6) is -0.771. The van der Waals surface area contributed by atoms with Crippen LogP contribution in [0, 0.1) is 0 Å². The molecule has 0 fully saturated rings. The van der Waals surface area contributed by atoms with Crippen molar-refractivity contribution < 1.29 is 9.90 Å². The molecule has 0 rings (SSSR count). The number of hydrogen-bond acceptors (Lipinski definition) is 3. The molecule has 0 bridgehead atoms. The summed E-state index contributed by atoms with van der Waals surface area (Å²) in [7, 11) is 1.97. The van der Waals surface area contributed by atoms with Crippen LogP contribution >= 0.6 is 0 Å². The number of aliphatic carboxylic acids is 1. The van der Waals surface area contributed by atoms with E-state index in [1.54, 1.807) is 0 Å². The van der Waals surface area contributed by atoms with E-state index in [9.17, 15) is 4.79 Å². The first-order chi connectivity index (χ1) is 6.97. The van der Waals surface area contributed by atoms with Crippen LogP contribution < -0.4 is 5.32 Å². The molecule has 0 aliphatic rings. The van der Waals surface area contributed by atoms with Crippen LogP contribution in [0.1, 0.15) is 33.6 Å². The van der Waals surface area contributed by atoms with Crippen LogP contribution in [0.3, 0.4) is 0 Å². The van der Waals surface area contributed by atoms with E-state index in [0.717, 1.165) is 19.4 Å². The van der Waals surface area contributed by atoms with Crippen LogP contribution in [0.25, 0.3) is 0 Å². The highest BCUT2D eigenvalue weighted by atomic mass is 16.4. The third kappa shape index (κ3) is 7.33. The zero-order valence-electron chi connectivity index (χ0n) is 10.3. The third-order valence-electron chi connectivity index (χ3n) is 2.22. The molecule has 0 spiro atoms. The number of carboxylic acids is 1. The maximum Gasteiger partial charge on any atom is 0.322 e. The predicted molar refractivity (Wildman–Crippen MR) is 62.1 cm³/mol. The minimum Gasteiger partial charge on any atom is -0.480 e. The van der Waals surface area contributed by atoms with Gasteiger partial charge in [-0.15, -0.1) is 0 Å². The highest BCUT2D eigenvalue weighted by Crippen LogP contribution is 1.96. The third-order valence-corrected chi connectivity index (χ3v) is 2.22. The van der Waals surface area contributed by atoms with Gasteiger partial charge >= 0.3 is 5.97 Å². The SMILES string of the molecule is CCCCN(C)CC(NC(C)C)C(=O)O. The molecule has 4 heteroatoms. The Hall–Kier alpha value is -0.610. The zero-order valence-corrected chi connectivity index (χ0v) is 10.3. The van der Waals surface area contributed by atoms with Gasteiger partial charge in [-0.3, -0.25) is 4.79 Å². The number of carbonyl (C=O) groups is 1. The molecule has 4 nitrogen and oxygen atoms in total. The van der Waals surface area contributed by atoms with Crippen molar-refractivity contribution in [2.75, 3.05) is 20.1 Å². The van der Waals surface area contributed by atoms with E-state index in [-0.39, 0.29) is 6.04 Å². The minimum atomic E-state index is -0.771. The molecule has 0 aromatic rings. The Kier molecular flexibility index (Phi) is 7.34. The molecule has 2 N–H and O–H groups in total. The Morgan fingerprint density at radius 2 is 2.07 bits per heavy atom. The van der Waals surface area contributed by atoms with Gasteiger partial charge in [0.15, 0.2) is 0 Å². The molecule has 1 atom stereocenters. The lowest BCUT2D eigenvalue weighted by atomic mass is 10.2. The molecule has 0 aromatic carbocycles. The fourth-order valence-electron chi connectivity index (χ4n) is 1.44. The summed E-state index contributed by atoms with van der Waals surface area (Å²) in [5.41, 5.74) is 0. The van der Waals surface area contributed by atoms with Crippen molar-refractivity contribution in [3.05, 3.63) is 0 Å². The molecule has 0 aliphatic heterocycles. The van der Waals surface area contributed by atoms with Crippen molar-refractivity contribution in [3.8, 4) is 0 Å². The first-order valence-electron chi connectivity index (χ1n) is 5.64. The van der Waals surface area contributed by atoms with Crippen LogP contribution in [0.5, 0.6) is 0 Å². The lowest BCUT2D eigenvalue weighted by molar-refractivity contribution is -0.140. The van der Waals surface area contributed by atoms with Crippen molar-refractivity contribution in [1.82, 2.24) is 10.2 Å². The monoisotopic (exact) mass is 216 g/mol. The maximum absolute atomic E-state index is 11.0. The quantitative estimate of drug-likeness (QED) is 0.639. The Balaban J connectivity index is 3.98. The van der Waals surface area contributed by atoms with Gasteiger partial charge in [0.1, 0.15) is 6.04 Å². The number of rotatable bonds is 8. The van der Waals surface area contributed by atoms with E-state index in [0.29, 0.717) is 6.54 Å².